The number of rotatable bonds is 5. The first-order chi connectivity index (χ1) is 15.0. The largest absolute Gasteiger partial charge is 0.337 e. The molecular formula is C24H26N4O3. The molecule has 7 heteroatoms. The van der Waals surface area contributed by atoms with Gasteiger partial charge in [0.25, 0.3) is 5.91 Å². The minimum atomic E-state index is -0.483. The van der Waals surface area contributed by atoms with Crippen molar-refractivity contribution in [1.29, 1.82) is 0 Å². The summed E-state index contributed by atoms with van der Waals surface area (Å²) in [6.45, 7) is 2.46. The Labute approximate surface area is 181 Å². The van der Waals surface area contributed by atoms with Gasteiger partial charge < -0.3 is 10.2 Å². The summed E-state index contributed by atoms with van der Waals surface area (Å²) in [6.07, 6.45) is 1.77. The summed E-state index contributed by atoms with van der Waals surface area (Å²) >= 11 is 0. The number of benzene rings is 2. The normalized spacial score (nSPS) is 20.9. The molecule has 0 bridgehead atoms. The fourth-order valence-corrected chi connectivity index (χ4v) is 4.10. The maximum Gasteiger partial charge on any atom is 0.270 e. The lowest BCUT2D eigenvalue weighted by Crippen LogP contribution is -2.46. The van der Waals surface area contributed by atoms with Gasteiger partial charge in [-0.25, -0.2) is 0 Å². The molecule has 2 amide bonds. The molecule has 1 N–H and O–H groups in total. The number of hydrogen-bond donors (Lipinski definition) is 1. The summed E-state index contributed by atoms with van der Waals surface area (Å²) in [7, 11) is 0. The van der Waals surface area contributed by atoms with Crippen LogP contribution in [0.1, 0.15) is 26.2 Å². The standard InChI is InChI=1S/C24H26N4O3/c1-17(29)22-15-21(26-28(22)20-12-6-3-7-13-20)24(31)27-14-8-9-18(16-27)23(30)25-19-10-4-2-5-11-19/h2-7,10-13,18,22H,8-9,14-16H2,1H3,(H,25,30). The summed E-state index contributed by atoms with van der Waals surface area (Å²) in [5.74, 6) is -0.575. The van der Waals surface area contributed by atoms with Crippen molar-refractivity contribution in [2.75, 3.05) is 23.4 Å². The van der Waals surface area contributed by atoms with E-state index in [1.165, 1.54) is 6.92 Å². The van der Waals surface area contributed by atoms with Gasteiger partial charge in [0.2, 0.25) is 5.91 Å². The predicted octanol–water partition coefficient (Wildman–Crippen LogP) is 3.09. The van der Waals surface area contributed by atoms with E-state index in [2.05, 4.69) is 10.4 Å². The van der Waals surface area contributed by atoms with Crippen molar-refractivity contribution in [3.05, 3.63) is 60.7 Å². The van der Waals surface area contributed by atoms with Gasteiger partial charge in [-0.2, -0.15) is 5.10 Å². The smallest absolute Gasteiger partial charge is 0.270 e. The summed E-state index contributed by atoms with van der Waals surface area (Å²) in [6, 6.07) is 18.2. The minimum absolute atomic E-state index is 0.0332. The highest BCUT2D eigenvalue weighted by Gasteiger charge is 2.37. The number of nitrogens with zero attached hydrogens (tertiary/aromatic N) is 3. The Bertz CT molecular complexity index is 990. The van der Waals surface area contributed by atoms with Crippen LogP contribution < -0.4 is 10.3 Å². The molecule has 160 valence electrons. The highest BCUT2D eigenvalue weighted by molar-refractivity contribution is 6.40. The number of ketones is 1. The lowest BCUT2D eigenvalue weighted by molar-refractivity contribution is -0.128. The van der Waals surface area contributed by atoms with E-state index in [1.807, 2.05) is 60.7 Å². The summed E-state index contributed by atoms with van der Waals surface area (Å²) in [4.78, 5) is 39.8. The molecule has 7 nitrogen and oxygen atoms in total. The highest BCUT2D eigenvalue weighted by Crippen LogP contribution is 2.27. The number of hydrazone groups is 1. The number of anilines is 2. The van der Waals surface area contributed by atoms with E-state index in [0.717, 1.165) is 24.2 Å². The Balaban J connectivity index is 1.46. The van der Waals surface area contributed by atoms with Crippen LogP contribution in [0.15, 0.2) is 65.8 Å². The average Bonchev–Trinajstić information content (AvgIpc) is 3.26. The van der Waals surface area contributed by atoms with E-state index in [0.29, 0.717) is 18.8 Å². The number of para-hydroxylation sites is 2. The fourth-order valence-electron chi connectivity index (χ4n) is 4.10. The molecule has 1 fully saturated rings. The number of carbonyl (C=O) groups is 3. The molecule has 2 atom stereocenters. The van der Waals surface area contributed by atoms with E-state index in [-0.39, 0.29) is 29.9 Å². The lowest BCUT2D eigenvalue weighted by atomic mass is 9.96. The van der Waals surface area contributed by atoms with E-state index in [1.54, 1.807) is 9.91 Å². The average molecular weight is 418 g/mol. The van der Waals surface area contributed by atoms with E-state index >= 15 is 0 Å². The fraction of sp³-hybridized carbons (Fsp3) is 0.333. The SMILES string of the molecule is CC(=O)C1CC(C(=O)N2CCCC(C(=O)Nc3ccccc3)C2)=NN1c1ccccc1. The molecule has 4 rings (SSSR count). The van der Waals surface area contributed by atoms with Crippen LogP contribution in [0, 0.1) is 5.92 Å². The Hall–Kier alpha value is -3.48. The first-order valence-electron chi connectivity index (χ1n) is 10.6. The third-order valence-corrected chi connectivity index (χ3v) is 5.77. The van der Waals surface area contributed by atoms with Gasteiger partial charge in [0.1, 0.15) is 11.8 Å². The van der Waals surface area contributed by atoms with Gasteiger partial charge in [0, 0.05) is 25.2 Å². The molecule has 0 radical (unpaired) electrons. The number of Topliss-reactive ketones (excluding diaryl/α,β-unsaturated/α-hetero) is 1. The zero-order valence-corrected chi connectivity index (χ0v) is 17.5. The van der Waals surface area contributed by atoms with Crippen molar-refractivity contribution in [2.45, 2.75) is 32.2 Å². The van der Waals surface area contributed by atoms with E-state index in [9.17, 15) is 14.4 Å². The summed E-state index contributed by atoms with van der Waals surface area (Å²) in [5.41, 5.74) is 1.90. The molecule has 0 aliphatic carbocycles. The number of likely N-dealkylation sites (tertiary alicyclic amines) is 1. The van der Waals surface area contributed by atoms with Gasteiger partial charge in [-0.3, -0.25) is 19.4 Å². The van der Waals surface area contributed by atoms with Gasteiger partial charge in [-0.05, 0) is 44.0 Å². The van der Waals surface area contributed by atoms with Crippen molar-refractivity contribution in [2.24, 2.45) is 11.0 Å². The Morgan fingerprint density at radius 1 is 1.00 bits per heavy atom. The second kappa shape index (κ2) is 9.12. The van der Waals surface area contributed by atoms with Crippen LogP contribution in [0.5, 0.6) is 0 Å². The van der Waals surface area contributed by atoms with Crippen LogP contribution in [-0.2, 0) is 14.4 Å². The Morgan fingerprint density at radius 3 is 2.35 bits per heavy atom. The molecule has 2 unspecified atom stereocenters. The van der Waals surface area contributed by atoms with E-state index in [4.69, 9.17) is 0 Å². The molecule has 2 aliphatic rings. The van der Waals surface area contributed by atoms with Gasteiger partial charge in [0.05, 0.1) is 11.6 Å². The number of piperidine rings is 1. The zero-order chi connectivity index (χ0) is 21.8. The van der Waals surface area contributed by atoms with Gasteiger partial charge >= 0.3 is 0 Å². The van der Waals surface area contributed by atoms with E-state index < -0.39 is 6.04 Å². The van der Waals surface area contributed by atoms with Crippen LogP contribution in [0.4, 0.5) is 11.4 Å². The van der Waals surface area contributed by atoms with Crippen molar-refractivity contribution >= 4 is 34.7 Å². The molecule has 1 saturated heterocycles. The van der Waals surface area contributed by atoms with Gasteiger partial charge in [0.15, 0.2) is 5.78 Å². The lowest BCUT2D eigenvalue weighted by Gasteiger charge is -2.32. The zero-order valence-electron chi connectivity index (χ0n) is 17.5. The maximum absolute atomic E-state index is 13.2. The van der Waals surface area contributed by atoms with Crippen molar-refractivity contribution in [3.63, 3.8) is 0 Å². The molecule has 0 saturated carbocycles. The molecule has 31 heavy (non-hydrogen) atoms. The quantitative estimate of drug-likeness (QED) is 0.809. The number of nitrogens with one attached hydrogen (secondary N) is 1. The van der Waals surface area contributed by atoms with Crippen molar-refractivity contribution < 1.29 is 14.4 Å². The molecule has 0 spiro atoms. The Kier molecular flexibility index (Phi) is 6.11. The first-order valence-corrected chi connectivity index (χ1v) is 10.6. The summed E-state index contributed by atoms with van der Waals surface area (Å²) in [5, 5.41) is 9.08. The molecular weight excluding hydrogens is 392 g/mol. The third kappa shape index (κ3) is 4.66. The highest BCUT2D eigenvalue weighted by atomic mass is 16.2. The first kappa shape index (κ1) is 20.8. The minimum Gasteiger partial charge on any atom is -0.337 e. The molecule has 0 aromatic heterocycles. The predicted molar refractivity (Wildman–Crippen MR) is 120 cm³/mol. The van der Waals surface area contributed by atoms with Gasteiger partial charge in [-0.15, -0.1) is 0 Å². The van der Waals surface area contributed by atoms with Crippen LogP contribution in [0.2, 0.25) is 0 Å². The van der Waals surface area contributed by atoms with Crippen LogP contribution >= 0.6 is 0 Å². The van der Waals surface area contributed by atoms with Crippen molar-refractivity contribution in [1.82, 2.24) is 4.90 Å². The van der Waals surface area contributed by atoms with Crippen LogP contribution in [-0.4, -0.2) is 47.3 Å². The van der Waals surface area contributed by atoms with Gasteiger partial charge in [-0.1, -0.05) is 36.4 Å². The second-order valence-electron chi connectivity index (χ2n) is 8.00. The van der Waals surface area contributed by atoms with Crippen molar-refractivity contribution in [3.8, 4) is 0 Å². The monoisotopic (exact) mass is 418 g/mol. The number of hydrogen-bond acceptors (Lipinski definition) is 5. The molecule has 2 aromatic carbocycles. The molecule has 2 heterocycles. The second-order valence-corrected chi connectivity index (χ2v) is 8.00. The third-order valence-electron chi connectivity index (χ3n) is 5.77. The number of amides is 2. The molecule has 2 aromatic rings. The summed E-state index contributed by atoms with van der Waals surface area (Å²) < 4.78 is 0. The topological polar surface area (TPSA) is 82.1 Å². The molecule has 2 aliphatic heterocycles. The number of carbonyl (C=O) groups excluding carboxylic acids is 3. The van der Waals surface area contributed by atoms with Crippen LogP contribution in [0.3, 0.4) is 0 Å². The van der Waals surface area contributed by atoms with Crippen LogP contribution in [0.25, 0.3) is 0 Å². The maximum atomic E-state index is 13.2. The Morgan fingerprint density at radius 2 is 1.68 bits per heavy atom.